The second-order valence-corrected chi connectivity index (χ2v) is 3.43. The van der Waals surface area contributed by atoms with Gasteiger partial charge in [-0.25, -0.2) is 0 Å². The van der Waals surface area contributed by atoms with Crippen LogP contribution in [0.25, 0.3) is 6.08 Å². The highest BCUT2D eigenvalue weighted by Crippen LogP contribution is 2.35. The maximum Gasteiger partial charge on any atom is 0.417 e. The predicted octanol–water partition coefficient (Wildman–Crippen LogP) is 4.72. The van der Waals surface area contributed by atoms with E-state index in [0.717, 1.165) is 6.07 Å². The van der Waals surface area contributed by atoms with Crippen molar-refractivity contribution >= 4 is 33.6 Å². The van der Waals surface area contributed by atoms with Crippen LogP contribution >= 0.6 is 27.5 Å². The van der Waals surface area contributed by atoms with Gasteiger partial charge in [0.05, 0.1) is 5.56 Å². The van der Waals surface area contributed by atoms with Crippen molar-refractivity contribution in [2.75, 3.05) is 0 Å². The molecule has 14 heavy (non-hydrogen) atoms. The van der Waals surface area contributed by atoms with Gasteiger partial charge in [0.15, 0.2) is 0 Å². The van der Waals surface area contributed by atoms with E-state index in [1.807, 2.05) is 0 Å². The van der Waals surface area contributed by atoms with E-state index in [1.54, 1.807) is 0 Å². The van der Waals surface area contributed by atoms with Crippen molar-refractivity contribution in [2.45, 2.75) is 6.18 Å². The second kappa shape index (κ2) is 4.36. The molecule has 0 spiro atoms. The van der Waals surface area contributed by atoms with Crippen LogP contribution in [0.4, 0.5) is 13.2 Å². The van der Waals surface area contributed by atoms with Gasteiger partial charge in [0, 0.05) is 10.6 Å². The normalized spacial score (nSPS) is 12.4. The quantitative estimate of drug-likeness (QED) is 0.700. The molecule has 0 atom stereocenters. The molecular weight excluding hydrogens is 280 g/mol. The lowest BCUT2D eigenvalue weighted by Gasteiger charge is -2.10. The molecule has 0 saturated carbocycles. The fourth-order valence-electron chi connectivity index (χ4n) is 1.02. The van der Waals surface area contributed by atoms with Crippen LogP contribution in [0.15, 0.2) is 23.2 Å². The Morgan fingerprint density at radius 3 is 2.43 bits per heavy atom. The minimum Gasteiger partial charge on any atom is -0.166 e. The number of hydrogen-bond donors (Lipinski definition) is 0. The molecule has 76 valence electrons. The van der Waals surface area contributed by atoms with Gasteiger partial charge >= 0.3 is 6.18 Å². The highest BCUT2D eigenvalue weighted by atomic mass is 79.9. The van der Waals surface area contributed by atoms with E-state index in [9.17, 15) is 13.2 Å². The zero-order valence-corrected chi connectivity index (χ0v) is 9.12. The van der Waals surface area contributed by atoms with Gasteiger partial charge in [-0.3, -0.25) is 0 Å². The number of alkyl halides is 3. The SMILES string of the molecule is FC(F)(F)c1cccc(Cl)c1C=CBr. The van der Waals surface area contributed by atoms with Crippen LogP contribution in [0.5, 0.6) is 0 Å². The summed E-state index contributed by atoms with van der Waals surface area (Å²) in [4.78, 5) is 1.34. The first kappa shape index (κ1) is 11.6. The highest BCUT2D eigenvalue weighted by molar-refractivity contribution is 9.11. The third-order valence-corrected chi connectivity index (χ3v) is 2.18. The molecule has 0 fully saturated rings. The van der Waals surface area contributed by atoms with Crippen LogP contribution in [-0.4, -0.2) is 0 Å². The van der Waals surface area contributed by atoms with E-state index < -0.39 is 11.7 Å². The Balaban J connectivity index is 3.36. The number of benzene rings is 1. The van der Waals surface area contributed by atoms with Crippen molar-refractivity contribution in [1.29, 1.82) is 0 Å². The molecule has 0 nitrogen and oxygen atoms in total. The predicted molar refractivity (Wildman–Crippen MR) is 54.4 cm³/mol. The molecule has 0 aliphatic carbocycles. The molecular formula is C9H5BrClF3. The lowest BCUT2D eigenvalue weighted by molar-refractivity contribution is -0.137. The molecule has 0 amide bonds. The average molecular weight is 285 g/mol. The lowest BCUT2D eigenvalue weighted by Crippen LogP contribution is -2.07. The number of rotatable bonds is 1. The standard InChI is InChI=1S/C9H5BrClF3/c10-5-4-6-7(9(12,13)14)2-1-3-8(6)11/h1-5H. The summed E-state index contributed by atoms with van der Waals surface area (Å²) in [6.45, 7) is 0. The van der Waals surface area contributed by atoms with Gasteiger partial charge in [-0.2, -0.15) is 13.2 Å². The van der Waals surface area contributed by atoms with Crippen LogP contribution < -0.4 is 0 Å². The van der Waals surface area contributed by atoms with E-state index in [0.29, 0.717) is 0 Å². The molecule has 0 saturated heterocycles. The fraction of sp³-hybridized carbons (Fsp3) is 0.111. The van der Waals surface area contributed by atoms with Gasteiger partial charge < -0.3 is 0 Å². The van der Waals surface area contributed by atoms with Crippen LogP contribution in [0.1, 0.15) is 11.1 Å². The fourth-order valence-corrected chi connectivity index (χ4v) is 1.52. The Kier molecular flexibility index (Phi) is 3.61. The number of halogens is 5. The van der Waals surface area contributed by atoms with Crippen LogP contribution in [0.2, 0.25) is 5.02 Å². The third kappa shape index (κ3) is 2.51. The molecule has 0 bridgehead atoms. The van der Waals surface area contributed by atoms with Crippen molar-refractivity contribution in [2.24, 2.45) is 0 Å². The molecule has 1 aromatic carbocycles. The van der Waals surface area contributed by atoms with E-state index in [4.69, 9.17) is 11.6 Å². The van der Waals surface area contributed by atoms with Crippen molar-refractivity contribution in [1.82, 2.24) is 0 Å². The van der Waals surface area contributed by atoms with E-state index >= 15 is 0 Å². The summed E-state index contributed by atoms with van der Waals surface area (Å²) in [6, 6.07) is 3.68. The molecule has 0 aliphatic heterocycles. The average Bonchev–Trinajstić information content (AvgIpc) is 2.07. The zero-order valence-electron chi connectivity index (χ0n) is 6.78. The van der Waals surface area contributed by atoms with Gasteiger partial charge in [0.1, 0.15) is 0 Å². The molecule has 0 radical (unpaired) electrons. The van der Waals surface area contributed by atoms with Gasteiger partial charge in [-0.1, -0.05) is 33.6 Å². The molecule has 0 N–H and O–H groups in total. The molecule has 1 rings (SSSR count). The van der Waals surface area contributed by atoms with Crippen molar-refractivity contribution in [3.8, 4) is 0 Å². The van der Waals surface area contributed by atoms with Crippen molar-refractivity contribution in [3.63, 3.8) is 0 Å². The van der Waals surface area contributed by atoms with Crippen LogP contribution in [-0.2, 0) is 6.18 Å². The first-order valence-corrected chi connectivity index (χ1v) is 4.88. The van der Waals surface area contributed by atoms with E-state index in [1.165, 1.54) is 23.2 Å². The maximum atomic E-state index is 12.4. The van der Waals surface area contributed by atoms with Gasteiger partial charge in [-0.05, 0) is 23.2 Å². The first-order valence-electron chi connectivity index (χ1n) is 3.59. The van der Waals surface area contributed by atoms with Gasteiger partial charge in [0.25, 0.3) is 0 Å². The Morgan fingerprint density at radius 1 is 1.29 bits per heavy atom. The summed E-state index contributed by atoms with van der Waals surface area (Å²) in [7, 11) is 0. The van der Waals surface area contributed by atoms with E-state index in [2.05, 4.69) is 15.9 Å². The molecule has 0 aliphatic rings. The van der Waals surface area contributed by atoms with Gasteiger partial charge in [0.2, 0.25) is 0 Å². The Labute approximate surface area is 92.5 Å². The maximum absolute atomic E-state index is 12.4. The lowest BCUT2D eigenvalue weighted by atomic mass is 10.1. The molecule has 0 unspecified atom stereocenters. The summed E-state index contributed by atoms with van der Waals surface area (Å²) >= 11 is 8.56. The zero-order chi connectivity index (χ0) is 10.8. The smallest absolute Gasteiger partial charge is 0.166 e. The second-order valence-electron chi connectivity index (χ2n) is 2.49. The highest BCUT2D eigenvalue weighted by Gasteiger charge is 2.33. The summed E-state index contributed by atoms with van der Waals surface area (Å²) in [5.74, 6) is 0. The largest absolute Gasteiger partial charge is 0.417 e. The number of hydrogen-bond acceptors (Lipinski definition) is 0. The van der Waals surface area contributed by atoms with Crippen LogP contribution in [0, 0.1) is 0 Å². The topological polar surface area (TPSA) is 0 Å². The monoisotopic (exact) mass is 284 g/mol. The summed E-state index contributed by atoms with van der Waals surface area (Å²) in [5.41, 5.74) is -0.765. The Morgan fingerprint density at radius 2 is 1.93 bits per heavy atom. The molecule has 0 heterocycles. The molecule has 0 aromatic heterocycles. The minimum atomic E-state index is -4.38. The summed E-state index contributed by atoms with van der Waals surface area (Å²) < 4.78 is 37.3. The Hall–Kier alpha value is -0.480. The molecule has 1 aromatic rings. The van der Waals surface area contributed by atoms with Crippen molar-refractivity contribution in [3.05, 3.63) is 39.3 Å². The molecule has 5 heteroatoms. The first-order chi connectivity index (χ1) is 6.46. The third-order valence-electron chi connectivity index (χ3n) is 1.59. The minimum absolute atomic E-state index is 0.0291. The summed E-state index contributed by atoms with van der Waals surface area (Å²) in [5, 5.41) is 0.0792. The van der Waals surface area contributed by atoms with E-state index in [-0.39, 0.29) is 10.6 Å². The van der Waals surface area contributed by atoms with Crippen LogP contribution in [0.3, 0.4) is 0 Å². The Bertz CT molecular complexity index is 358. The van der Waals surface area contributed by atoms with Gasteiger partial charge in [-0.15, -0.1) is 0 Å². The van der Waals surface area contributed by atoms with Crippen molar-refractivity contribution < 1.29 is 13.2 Å². The summed E-state index contributed by atoms with van der Waals surface area (Å²) in [6.07, 6.45) is -3.11.